The predicted octanol–water partition coefficient (Wildman–Crippen LogP) is 1.25. The van der Waals surface area contributed by atoms with Gasteiger partial charge in [0.1, 0.15) is 0 Å². The molecule has 6 heteroatoms. The second-order valence-corrected chi connectivity index (χ2v) is 9.30. The topological polar surface area (TPSA) is 57.7 Å². The summed E-state index contributed by atoms with van der Waals surface area (Å²) in [6.07, 6.45) is 4.19. The molecule has 0 unspecified atom stereocenters. The van der Waals surface area contributed by atoms with Crippen LogP contribution in [0, 0.1) is 5.92 Å². The predicted molar refractivity (Wildman–Crippen MR) is 96.8 cm³/mol. The van der Waals surface area contributed by atoms with Crippen LogP contribution in [-0.4, -0.2) is 62.1 Å². The van der Waals surface area contributed by atoms with Crippen LogP contribution in [0.1, 0.15) is 17.5 Å². The van der Waals surface area contributed by atoms with Gasteiger partial charge in [0.15, 0.2) is 9.84 Å². The number of allylic oxidation sites excluding steroid dienone is 1. The molecule has 1 aromatic carbocycles. The lowest BCUT2D eigenvalue weighted by Crippen LogP contribution is -2.52. The number of sulfone groups is 1. The smallest absolute Gasteiger partial charge is 0.223 e. The van der Waals surface area contributed by atoms with Crippen LogP contribution in [0.15, 0.2) is 35.7 Å². The van der Waals surface area contributed by atoms with Gasteiger partial charge in [0.25, 0.3) is 0 Å². The number of piperazine rings is 1. The Morgan fingerprint density at radius 2 is 1.68 bits per heavy atom. The van der Waals surface area contributed by atoms with Crippen LogP contribution in [0.25, 0.3) is 0 Å². The highest BCUT2D eigenvalue weighted by molar-refractivity contribution is 7.94. The minimum Gasteiger partial charge on any atom is -0.340 e. The van der Waals surface area contributed by atoms with Crippen molar-refractivity contribution in [2.24, 2.45) is 5.92 Å². The lowest BCUT2D eigenvalue weighted by atomic mass is 10.1. The average molecular weight is 360 g/mol. The van der Waals surface area contributed by atoms with Crippen LogP contribution in [-0.2, 0) is 27.5 Å². The average Bonchev–Trinajstić information content (AvgIpc) is 3.18. The first-order valence-corrected chi connectivity index (χ1v) is 10.7. The van der Waals surface area contributed by atoms with E-state index in [2.05, 4.69) is 29.2 Å². The third-order valence-corrected chi connectivity index (χ3v) is 7.12. The van der Waals surface area contributed by atoms with Gasteiger partial charge in [-0.3, -0.25) is 9.69 Å². The highest BCUT2D eigenvalue weighted by Crippen LogP contribution is 2.26. The monoisotopic (exact) mass is 360 g/mol. The number of benzene rings is 1. The fraction of sp³-hybridized carbons (Fsp3) is 0.526. The number of carbonyl (C=O) groups is 1. The molecule has 0 saturated carbocycles. The molecule has 0 bridgehead atoms. The Morgan fingerprint density at radius 1 is 1.04 bits per heavy atom. The highest BCUT2D eigenvalue weighted by atomic mass is 32.2. The van der Waals surface area contributed by atoms with Crippen LogP contribution in [0.5, 0.6) is 0 Å². The van der Waals surface area contributed by atoms with E-state index in [-0.39, 0.29) is 17.6 Å². The number of rotatable bonds is 3. The summed E-state index contributed by atoms with van der Waals surface area (Å²) in [7, 11) is -3.08. The zero-order valence-corrected chi connectivity index (χ0v) is 15.1. The Morgan fingerprint density at radius 3 is 2.24 bits per heavy atom. The second-order valence-electron chi connectivity index (χ2n) is 7.37. The summed E-state index contributed by atoms with van der Waals surface area (Å²) in [6, 6.07) is 9.21. The summed E-state index contributed by atoms with van der Waals surface area (Å²) in [5.41, 5.74) is 2.92. The quantitative estimate of drug-likeness (QED) is 0.814. The van der Waals surface area contributed by atoms with Crippen molar-refractivity contribution in [1.29, 1.82) is 0 Å². The van der Waals surface area contributed by atoms with Crippen LogP contribution in [0.3, 0.4) is 0 Å². The van der Waals surface area contributed by atoms with E-state index in [0.717, 1.165) is 39.0 Å². The van der Waals surface area contributed by atoms with Crippen molar-refractivity contribution in [3.8, 4) is 0 Å². The Labute approximate surface area is 149 Å². The molecule has 0 radical (unpaired) electrons. The number of hydrogen-bond acceptors (Lipinski definition) is 4. The van der Waals surface area contributed by atoms with Gasteiger partial charge in [-0.15, -0.1) is 0 Å². The lowest BCUT2D eigenvalue weighted by molar-refractivity contribution is -0.133. The standard InChI is InChI=1S/C19H24N2O3S/c22-19(11-15-5-10-25(23,24)14-15)21-8-6-20(7-9-21)18-12-16-3-1-2-4-17(16)13-18/h1-5,10,15,18H,6-9,11-14H2/t15-/m0/s1. The molecule has 25 heavy (non-hydrogen) atoms. The van der Waals surface area contributed by atoms with E-state index in [1.54, 1.807) is 6.08 Å². The number of nitrogens with zero attached hydrogens (tertiary/aromatic N) is 2. The van der Waals surface area contributed by atoms with Crippen LogP contribution in [0.4, 0.5) is 0 Å². The highest BCUT2D eigenvalue weighted by Gasteiger charge is 2.31. The Bertz CT molecular complexity index is 770. The maximum atomic E-state index is 12.5. The van der Waals surface area contributed by atoms with E-state index in [1.807, 2.05) is 4.90 Å². The Balaban J connectivity index is 1.28. The van der Waals surface area contributed by atoms with Crippen molar-refractivity contribution in [2.75, 3.05) is 31.9 Å². The molecule has 2 aliphatic heterocycles. The zero-order valence-electron chi connectivity index (χ0n) is 14.3. The van der Waals surface area contributed by atoms with Gasteiger partial charge in [0, 0.05) is 50.0 Å². The second kappa shape index (κ2) is 6.57. The molecule has 2 heterocycles. The molecule has 5 nitrogen and oxygen atoms in total. The van der Waals surface area contributed by atoms with Crippen LogP contribution < -0.4 is 0 Å². The van der Waals surface area contributed by atoms with E-state index in [1.165, 1.54) is 16.5 Å². The van der Waals surface area contributed by atoms with Gasteiger partial charge in [0.05, 0.1) is 5.75 Å². The molecular weight excluding hydrogens is 336 g/mol. The summed E-state index contributed by atoms with van der Waals surface area (Å²) in [4.78, 5) is 16.9. The minimum atomic E-state index is -3.08. The first-order chi connectivity index (χ1) is 12.0. The molecule has 1 atom stereocenters. The van der Waals surface area contributed by atoms with E-state index >= 15 is 0 Å². The normalized spacial score (nSPS) is 26.1. The molecule has 1 saturated heterocycles. The summed E-state index contributed by atoms with van der Waals surface area (Å²) >= 11 is 0. The molecule has 134 valence electrons. The van der Waals surface area contributed by atoms with Crippen molar-refractivity contribution >= 4 is 15.7 Å². The van der Waals surface area contributed by atoms with Crippen molar-refractivity contribution in [2.45, 2.75) is 25.3 Å². The third-order valence-electron chi connectivity index (χ3n) is 5.65. The van der Waals surface area contributed by atoms with Gasteiger partial charge in [-0.2, -0.15) is 0 Å². The third kappa shape index (κ3) is 3.65. The fourth-order valence-electron chi connectivity index (χ4n) is 4.25. The molecule has 0 aromatic heterocycles. The molecule has 0 N–H and O–H groups in total. The molecule has 1 fully saturated rings. The maximum absolute atomic E-state index is 12.5. The Hall–Kier alpha value is -1.66. The van der Waals surface area contributed by atoms with E-state index < -0.39 is 9.84 Å². The van der Waals surface area contributed by atoms with Gasteiger partial charge in [-0.25, -0.2) is 8.42 Å². The maximum Gasteiger partial charge on any atom is 0.223 e. The molecule has 1 aliphatic carbocycles. The van der Waals surface area contributed by atoms with Crippen LogP contribution in [0.2, 0.25) is 0 Å². The minimum absolute atomic E-state index is 0.0824. The van der Waals surface area contributed by atoms with E-state index in [0.29, 0.717) is 12.5 Å². The summed E-state index contributed by atoms with van der Waals surface area (Å²) in [5.74, 6) is 0.0138. The summed E-state index contributed by atoms with van der Waals surface area (Å²) < 4.78 is 22.9. The van der Waals surface area contributed by atoms with E-state index in [9.17, 15) is 13.2 Å². The number of carbonyl (C=O) groups excluding carboxylic acids is 1. The lowest BCUT2D eigenvalue weighted by Gasteiger charge is -2.38. The van der Waals surface area contributed by atoms with Crippen molar-refractivity contribution in [3.63, 3.8) is 0 Å². The molecule has 1 amide bonds. The van der Waals surface area contributed by atoms with Crippen molar-refractivity contribution < 1.29 is 13.2 Å². The number of amides is 1. The van der Waals surface area contributed by atoms with Gasteiger partial charge in [-0.05, 0) is 24.0 Å². The number of fused-ring (bicyclic) bond motifs is 1. The van der Waals surface area contributed by atoms with Gasteiger partial charge >= 0.3 is 0 Å². The first-order valence-electron chi connectivity index (χ1n) is 9.00. The molecule has 0 spiro atoms. The van der Waals surface area contributed by atoms with Crippen molar-refractivity contribution in [3.05, 3.63) is 46.9 Å². The fourth-order valence-corrected chi connectivity index (χ4v) is 5.65. The van der Waals surface area contributed by atoms with Crippen LogP contribution >= 0.6 is 0 Å². The zero-order chi connectivity index (χ0) is 17.4. The molecule has 3 aliphatic rings. The molecule has 4 rings (SSSR count). The van der Waals surface area contributed by atoms with Gasteiger partial charge < -0.3 is 4.90 Å². The first kappa shape index (κ1) is 16.8. The summed E-state index contributed by atoms with van der Waals surface area (Å²) in [6.45, 7) is 3.30. The van der Waals surface area contributed by atoms with Gasteiger partial charge in [0.2, 0.25) is 5.91 Å². The van der Waals surface area contributed by atoms with E-state index in [4.69, 9.17) is 0 Å². The largest absolute Gasteiger partial charge is 0.340 e. The van der Waals surface area contributed by atoms with Crippen molar-refractivity contribution in [1.82, 2.24) is 9.80 Å². The Kier molecular flexibility index (Phi) is 4.41. The molecule has 1 aromatic rings. The summed E-state index contributed by atoms with van der Waals surface area (Å²) in [5, 5.41) is 1.25. The number of hydrogen-bond donors (Lipinski definition) is 0. The molecular formula is C19H24N2O3S. The van der Waals surface area contributed by atoms with Gasteiger partial charge in [-0.1, -0.05) is 30.3 Å². The SMILES string of the molecule is O=C(C[C@@H]1C=CS(=O)(=O)C1)N1CCN(C2Cc3ccccc3C2)CC1.